The average molecular weight is 517 g/mol. The quantitative estimate of drug-likeness (QED) is 0.345. The van der Waals surface area contributed by atoms with E-state index in [0.717, 1.165) is 9.32 Å². The van der Waals surface area contributed by atoms with Crippen LogP contribution in [-0.4, -0.2) is 48.3 Å². The molecule has 2 rings (SSSR count). The van der Waals surface area contributed by atoms with Crippen LogP contribution in [0.15, 0.2) is 29.3 Å². The minimum atomic E-state index is -0.652. The summed E-state index contributed by atoms with van der Waals surface area (Å²) in [7, 11) is 1.94. The van der Waals surface area contributed by atoms with E-state index >= 15 is 0 Å². The van der Waals surface area contributed by atoms with Crippen LogP contribution >= 0.6 is 46.6 Å². The zero-order valence-corrected chi connectivity index (χ0v) is 16.4. The highest BCUT2D eigenvalue weighted by Gasteiger charge is 2.27. The van der Waals surface area contributed by atoms with Crippen molar-refractivity contribution in [3.63, 3.8) is 0 Å². The topological polar surface area (TPSA) is 71.1 Å². The standard InChI is InChI=1S/C14H20IN3O2.HI/c1-18(11-4-5-11)14(16)17-8-12(19)9-20-13-6-2-10(15)3-7-13;/h2-3,6-7,11-12,19H,4-5,8-9H2,1H3,(H2,16,17);1H. The molecular weight excluding hydrogens is 496 g/mol. The number of aliphatic imine (C=N–C) groups is 1. The number of nitrogens with zero attached hydrogens (tertiary/aromatic N) is 2. The molecule has 7 heteroatoms. The van der Waals surface area contributed by atoms with Crippen molar-refractivity contribution in [3.8, 4) is 5.75 Å². The summed E-state index contributed by atoms with van der Waals surface area (Å²) in [6.45, 7) is 0.470. The van der Waals surface area contributed by atoms with Gasteiger partial charge in [0.1, 0.15) is 18.5 Å². The molecular formula is C14H21I2N3O2. The molecule has 0 aliphatic heterocycles. The van der Waals surface area contributed by atoms with E-state index < -0.39 is 6.10 Å². The Balaban J connectivity index is 0.00000220. The minimum Gasteiger partial charge on any atom is -0.491 e. The Bertz CT molecular complexity index is 464. The van der Waals surface area contributed by atoms with Crippen molar-refractivity contribution in [2.45, 2.75) is 25.0 Å². The first-order valence-corrected chi connectivity index (χ1v) is 7.73. The second-order valence-electron chi connectivity index (χ2n) is 4.96. The van der Waals surface area contributed by atoms with Gasteiger partial charge in [0, 0.05) is 16.7 Å². The molecule has 1 unspecified atom stereocenters. The maximum atomic E-state index is 9.84. The number of halogens is 2. The smallest absolute Gasteiger partial charge is 0.191 e. The third-order valence-corrected chi connectivity index (χ3v) is 3.90. The zero-order chi connectivity index (χ0) is 14.5. The van der Waals surface area contributed by atoms with Crippen LogP contribution in [0.4, 0.5) is 0 Å². The molecule has 0 bridgehead atoms. The van der Waals surface area contributed by atoms with E-state index in [1.54, 1.807) is 0 Å². The lowest BCUT2D eigenvalue weighted by molar-refractivity contribution is 0.114. The molecule has 118 valence electrons. The summed E-state index contributed by atoms with van der Waals surface area (Å²) in [5, 5.41) is 9.84. The fourth-order valence-corrected chi connectivity index (χ4v) is 2.09. The molecule has 1 saturated carbocycles. The van der Waals surface area contributed by atoms with Crippen LogP contribution in [-0.2, 0) is 0 Å². The van der Waals surface area contributed by atoms with Gasteiger partial charge in [0.15, 0.2) is 5.96 Å². The van der Waals surface area contributed by atoms with E-state index in [1.165, 1.54) is 12.8 Å². The highest BCUT2D eigenvalue weighted by atomic mass is 127. The van der Waals surface area contributed by atoms with Crippen LogP contribution in [0.1, 0.15) is 12.8 Å². The van der Waals surface area contributed by atoms with Crippen LogP contribution in [0, 0.1) is 3.57 Å². The number of aliphatic hydroxyl groups excluding tert-OH is 1. The van der Waals surface area contributed by atoms with Gasteiger partial charge in [-0.15, -0.1) is 24.0 Å². The lowest BCUT2D eigenvalue weighted by Gasteiger charge is -2.17. The van der Waals surface area contributed by atoms with Crippen LogP contribution in [0.5, 0.6) is 5.75 Å². The molecule has 1 atom stereocenters. The highest BCUT2D eigenvalue weighted by molar-refractivity contribution is 14.1. The van der Waals surface area contributed by atoms with Gasteiger partial charge >= 0.3 is 0 Å². The van der Waals surface area contributed by atoms with E-state index in [-0.39, 0.29) is 37.1 Å². The molecule has 1 aromatic carbocycles. The van der Waals surface area contributed by atoms with Crippen molar-refractivity contribution in [1.82, 2.24) is 4.90 Å². The first-order chi connectivity index (χ1) is 9.56. The summed E-state index contributed by atoms with van der Waals surface area (Å²) in [5.74, 6) is 1.23. The molecule has 1 aromatic rings. The summed E-state index contributed by atoms with van der Waals surface area (Å²) < 4.78 is 6.65. The first-order valence-electron chi connectivity index (χ1n) is 6.65. The minimum absolute atomic E-state index is 0. The van der Waals surface area contributed by atoms with Gasteiger partial charge < -0.3 is 20.5 Å². The summed E-state index contributed by atoms with van der Waals surface area (Å²) in [6, 6.07) is 8.21. The molecule has 1 fully saturated rings. The van der Waals surface area contributed by atoms with Crippen LogP contribution in [0.2, 0.25) is 0 Å². The third kappa shape index (κ3) is 6.55. The molecule has 0 saturated heterocycles. The van der Waals surface area contributed by atoms with E-state index in [2.05, 4.69) is 27.6 Å². The highest BCUT2D eigenvalue weighted by Crippen LogP contribution is 2.24. The molecule has 21 heavy (non-hydrogen) atoms. The lowest BCUT2D eigenvalue weighted by atomic mass is 10.3. The molecule has 0 aromatic heterocycles. The molecule has 0 radical (unpaired) electrons. The van der Waals surface area contributed by atoms with Gasteiger partial charge in [-0.2, -0.15) is 0 Å². The van der Waals surface area contributed by atoms with Crippen molar-refractivity contribution < 1.29 is 9.84 Å². The van der Waals surface area contributed by atoms with E-state index in [4.69, 9.17) is 10.5 Å². The number of aliphatic hydroxyl groups is 1. The fourth-order valence-electron chi connectivity index (χ4n) is 1.74. The van der Waals surface area contributed by atoms with Crippen molar-refractivity contribution in [1.29, 1.82) is 0 Å². The monoisotopic (exact) mass is 517 g/mol. The number of nitrogens with two attached hydrogens (primary N) is 1. The number of guanidine groups is 1. The van der Waals surface area contributed by atoms with Crippen molar-refractivity contribution in [3.05, 3.63) is 27.8 Å². The first kappa shape index (κ1) is 18.8. The van der Waals surface area contributed by atoms with Gasteiger partial charge in [0.05, 0.1) is 6.54 Å². The number of benzene rings is 1. The molecule has 5 nitrogen and oxygen atoms in total. The Morgan fingerprint density at radius 2 is 2.10 bits per heavy atom. The maximum Gasteiger partial charge on any atom is 0.191 e. The summed E-state index contributed by atoms with van der Waals surface area (Å²) >= 11 is 2.23. The second-order valence-corrected chi connectivity index (χ2v) is 6.21. The normalized spacial score (nSPS) is 16.0. The SMILES string of the molecule is CN(C(N)=NCC(O)COc1ccc(I)cc1)C1CC1.I. The van der Waals surface area contributed by atoms with Gasteiger partial charge in [0.25, 0.3) is 0 Å². The van der Waals surface area contributed by atoms with Crippen molar-refractivity contribution in [2.24, 2.45) is 10.7 Å². The molecule has 0 amide bonds. The Morgan fingerprint density at radius 1 is 1.48 bits per heavy atom. The van der Waals surface area contributed by atoms with Crippen LogP contribution in [0.3, 0.4) is 0 Å². The Hall–Kier alpha value is -0.290. The lowest BCUT2D eigenvalue weighted by Crippen LogP contribution is -2.36. The summed E-state index contributed by atoms with van der Waals surface area (Å²) in [4.78, 5) is 6.17. The van der Waals surface area contributed by atoms with Crippen LogP contribution in [0.25, 0.3) is 0 Å². The van der Waals surface area contributed by atoms with Gasteiger partial charge in [0.2, 0.25) is 0 Å². The fraction of sp³-hybridized carbons (Fsp3) is 0.500. The van der Waals surface area contributed by atoms with Crippen molar-refractivity contribution >= 4 is 52.5 Å². The molecule has 0 spiro atoms. The maximum absolute atomic E-state index is 9.84. The number of hydrogen-bond acceptors (Lipinski definition) is 3. The predicted octanol–water partition coefficient (Wildman–Crippen LogP) is 2.06. The Kier molecular flexibility index (Phi) is 8.03. The largest absolute Gasteiger partial charge is 0.491 e. The molecule has 3 N–H and O–H groups in total. The van der Waals surface area contributed by atoms with Crippen LogP contribution < -0.4 is 10.5 Å². The number of ether oxygens (including phenoxy) is 1. The summed E-state index contributed by atoms with van der Waals surface area (Å²) in [6.07, 6.45) is 1.69. The number of rotatable bonds is 6. The Labute approximate surface area is 156 Å². The van der Waals surface area contributed by atoms with E-state index in [1.807, 2.05) is 36.2 Å². The molecule has 1 aliphatic rings. The van der Waals surface area contributed by atoms with Crippen molar-refractivity contribution in [2.75, 3.05) is 20.2 Å². The third-order valence-electron chi connectivity index (χ3n) is 3.18. The summed E-state index contributed by atoms with van der Waals surface area (Å²) in [5.41, 5.74) is 5.85. The molecule has 0 heterocycles. The van der Waals surface area contributed by atoms with E-state index in [9.17, 15) is 5.11 Å². The molecule has 1 aliphatic carbocycles. The second kappa shape index (κ2) is 8.99. The zero-order valence-electron chi connectivity index (χ0n) is 11.9. The predicted molar refractivity (Wildman–Crippen MR) is 103 cm³/mol. The average Bonchev–Trinajstić information content (AvgIpc) is 3.28. The Morgan fingerprint density at radius 3 is 2.67 bits per heavy atom. The number of hydrogen-bond donors (Lipinski definition) is 2. The van der Waals surface area contributed by atoms with Gasteiger partial charge in [-0.05, 0) is 59.7 Å². The van der Waals surface area contributed by atoms with Gasteiger partial charge in [-0.25, -0.2) is 0 Å². The van der Waals surface area contributed by atoms with Gasteiger partial charge in [-0.3, -0.25) is 4.99 Å². The van der Waals surface area contributed by atoms with Gasteiger partial charge in [-0.1, -0.05) is 0 Å². The van der Waals surface area contributed by atoms with E-state index in [0.29, 0.717) is 12.0 Å².